The Morgan fingerprint density at radius 1 is 1.13 bits per heavy atom. The fourth-order valence-electron chi connectivity index (χ4n) is 3.74. The van der Waals surface area contributed by atoms with E-state index < -0.39 is 5.97 Å². The molecule has 3 rings (SSSR count). The van der Waals surface area contributed by atoms with Crippen molar-refractivity contribution in [1.82, 2.24) is 9.55 Å². The summed E-state index contributed by atoms with van der Waals surface area (Å²) in [6, 6.07) is 13.7. The smallest absolute Gasteiger partial charge is 0.358 e. The normalized spacial score (nSPS) is 12.3. The highest BCUT2D eigenvalue weighted by Crippen LogP contribution is 2.37. The van der Waals surface area contributed by atoms with Crippen molar-refractivity contribution >= 4 is 45.1 Å². The van der Waals surface area contributed by atoms with E-state index in [1.54, 1.807) is 6.92 Å². The predicted octanol–water partition coefficient (Wildman–Crippen LogP) is 7.39. The van der Waals surface area contributed by atoms with Gasteiger partial charge in [0.2, 0.25) is 0 Å². The number of hydrogen-bond acceptors (Lipinski definition) is 3. The molecule has 0 saturated carbocycles. The van der Waals surface area contributed by atoms with Gasteiger partial charge in [-0.3, -0.25) is 0 Å². The van der Waals surface area contributed by atoms with Crippen LogP contribution in [0.2, 0.25) is 10.0 Å². The van der Waals surface area contributed by atoms with Gasteiger partial charge in [0, 0.05) is 22.0 Å². The van der Waals surface area contributed by atoms with Gasteiger partial charge in [-0.2, -0.15) is 0 Å². The van der Waals surface area contributed by atoms with E-state index in [0.717, 1.165) is 22.4 Å². The van der Waals surface area contributed by atoms with Crippen molar-refractivity contribution < 1.29 is 9.53 Å². The Kier molecular flexibility index (Phi) is 7.84. The molecule has 3 aromatic rings. The molecule has 2 aromatic carbocycles. The predicted molar refractivity (Wildman–Crippen MR) is 129 cm³/mol. The molecule has 1 aromatic heterocycles. The molecule has 0 saturated heterocycles. The molecule has 1 unspecified atom stereocenters. The number of carbonyl (C=O) groups is 1. The largest absolute Gasteiger partial charge is 0.461 e. The van der Waals surface area contributed by atoms with Crippen LogP contribution in [0.15, 0.2) is 47.2 Å². The summed E-state index contributed by atoms with van der Waals surface area (Å²) >= 11 is 16.0. The van der Waals surface area contributed by atoms with Crippen molar-refractivity contribution in [3.05, 3.63) is 85.3 Å². The highest BCUT2D eigenvalue weighted by atomic mass is 79.9. The Bertz CT molecular complexity index is 1080. The van der Waals surface area contributed by atoms with Crippen LogP contribution in [0.4, 0.5) is 0 Å². The SMILES string of the molecule is CCOC(=O)c1nc(Br)n(C(C)C)c1C(Cc1cc(Cl)ccc1C)c1ccc(Cl)cc1. The maximum Gasteiger partial charge on any atom is 0.358 e. The van der Waals surface area contributed by atoms with Crippen molar-refractivity contribution in [1.29, 1.82) is 0 Å². The van der Waals surface area contributed by atoms with E-state index in [4.69, 9.17) is 27.9 Å². The zero-order valence-corrected chi connectivity index (χ0v) is 21.1. The lowest BCUT2D eigenvalue weighted by atomic mass is 9.86. The zero-order valence-electron chi connectivity index (χ0n) is 18.0. The third-order valence-electron chi connectivity index (χ3n) is 5.23. The van der Waals surface area contributed by atoms with Gasteiger partial charge in [0.05, 0.1) is 12.3 Å². The highest BCUT2D eigenvalue weighted by molar-refractivity contribution is 9.10. The van der Waals surface area contributed by atoms with Crippen molar-refractivity contribution in [3.8, 4) is 0 Å². The number of rotatable bonds is 7. The van der Waals surface area contributed by atoms with Gasteiger partial charge in [-0.25, -0.2) is 9.78 Å². The van der Waals surface area contributed by atoms with Crippen molar-refractivity contribution in [2.75, 3.05) is 6.61 Å². The minimum absolute atomic E-state index is 0.0790. The first-order chi connectivity index (χ1) is 14.7. The Labute approximate surface area is 201 Å². The van der Waals surface area contributed by atoms with Crippen LogP contribution in [0.5, 0.6) is 0 Å². The summed E-state index contributed by atoms with van der Waals surface area (Å²) < 4.78 is 7.98. The molecule has 0 fully saturated rings. The number of hydrogen-bond donors (Lipinski definition) is 0. The van der Waals surface area contributed by atoms with Crippen LogP contribution in [0.25, 0.3) is 0 Å². The molecule has 0 aliphatic rings. The van der Waals surface area contributed by atoms with E-state index in [1.165, 1.54) is 0 Å². The lowest BCUT2D eigenvalue weighted by Gasteiger charge is -2.24. The van der Waals surface area contributed by atoms with E-state index >= 15 is 0 Å². The van der Waals surface area contributed by atoms with Crippen molar-refractivity contribution in [2.24, 2.45) is 0 Å². The lowest BCUT2D eigenvalue weighted by molar-refractivity contribution is 0.0518. The number of halogens is 3. The van der Waals surface area contributed by atoms with Crippen LogP contribution in [0.3, 0.4) is 0 Å². The second-order valence-corrected chi connectivity index (χ2v) is 9.26. The number of carbonyl (C=O) groups excluding carboxylic acids is 1. The maximum atomic E-state index is 12.9. The highest BCUT2D eigenvalue weighted by Gasteiger charge is 2.31. The first-order valence-corrected chi connectivity index (χ1v) is 11.7. The summed E-state index contributed by atoms with van der Waals surface area (Å²) in [5, 5.41) is 1.34. The second-order valence-electron chi connectivity index (χ2n) is 7.68. The second kappa shape index (κ2) is 10.2. The van der Waals surface area contributed by atoms with Gasteiger partial charge in [-0.1, -0.05) is 41.4 Å². The summed E-state index contributed by atoms with van der Waals surface area (Å²) in [4.78, 5) is 17.4. The Morgan fingerprint density at radius 2 is 1.77 bits per heavy atom. The summed E-state index contributed by atoms with van der Waals surface area (Å²) in [5.74, 6) is -0.589. The number of esters is 1. The van der Waals surface area contributed by atoms with Gasteiger partial charge in [0.25, 0.3) is 0 Å². The summed E-state index contributed by atoms with van der Waals surface area (Å²) in [5.41, 5.74) is 4.40. The summed E-state index contributed by atoms with van der Waals surface area (Å²) in [7, 11) is 0. The van der Waals surface area contributed by atoms with Crippen LogP contribution >= 0.6 is 39.1 Å². The third kappa shape index (κ3) is 5.33. The van der Waals surface area contributed by atoms with Crippen LogP contribution in [0.1, 0.15) is 65.6 Å². The van der Waals surface area contributed by atoms with E-state index in [2.05, 4.69) is 41.7 Å². The third-order valence-corrected chi connectivity index (χ3v) is 6.27. The van der Waals surface area contributed by atoms with Crippen LogP contribution in [-0.2, 0) is 11.2 Å². The van der Waals surface area contributed by atoms with Gasteiger partial charge in [0.15, 0.2) is 10.4 Å². The molecule has 1 heterocycles. The van der Waals surface area contributed by atoms with Gasteiger partial charge in [-0.05, 0) is 91.0 Å². The first kappa shape index (κ1) is 23.8. The molecule has 0 aliphatic carbocycles. The van der Waals surface area contributed by atoms with E-state index in [-0.39, 0.29) is 18.6 Å². The average Bonchev–Trinajstić information content (AvgIpc) is 3.07. The molecule has 0 amide bonds. The minimum Gasteiger partial charge on any atom is -0.461 e. The molecule has 1 atom stereocenters. The van der Waals surface area contributed by atoms with Gasteiger partial charge >= 0.3 is 5.97 Å². The molecule has 31 heavy (non-hydrogen) atoms. The maximum absolute atomic E-state index is 12.9. The first-order valence-electron chi connectivity index (χ1n) is 10.2. The lowest BCUT2D eigenvalue weighted by Crippen LogP contribution is -2.18. The molecule has 7 heteroatoms. The number of nitrogens with zero attached hydrogens (tertiary/aromatic N) is 2. The van der Waals surface area contributed by atoms with E-state index in [1.807, 2.05) is 47.0 Å². The molecule has 0 spiro atoms. The van der Waals surface area contributed by atoms with Gasteiger partial charge < -0.3 is 9.30 Å². The standard InChI is InChI=1S/C24H25BrCl2N2O2/c1-5-31-23(30)21-22(29(14(2)3)24(25)28-21)20(16-7-10-18(26)11-8-16)13-17-12-19(27)9-6-15(17)4/h6-12,14,20H,5,13H2,1-4H3. The fraction of sp³-hybridized carbons (Fsp3) is 0.333. The van der Waals surface area contributed by atoms with Crippen molar-refractivity contribution in [3.63, 3.8) is 0 Å². The Morgan fingerprint density at radius 3 is 2.39 bits per heavy atom. The van der Waals surface area contributed by atoms with Crippen LogP contribution in [0, 0.1) is 6.92 Å². The molecule has 0 radical (unpaired) electrons. The van der Waals surface area contributed by atoms with E-state index in [9.17, 15) is 4.79 Å². The number of aryl methyl sites for hydroxylation is 1. The number of imidazole rings is 1. The average molecular weight is 524 g/mol. The van der Waals surface area contributed by atoms with Crippen LogP contribution < -0.4 is 0 Å². The minimum atomic E-state index is -0.431. The molecule has 4 nitrogen and oxygen atoms in total. The van der Waals surface area contributed by atoms with E-state index in [0.29, 0.717) is 26.9 Å². The number of aromatic nitrogens is 2. The molecular formula is C24H25BrCl2N2O2. The Balaban J connectivity index is 2.25. The molecule has 0 N–H and O–H groups in total. The monoisotopic (exact) mass is 522 g/mol. The summed E-state index contributed by atoms with van der Waals surface area (Å²) in [6.45, 7) is 8.26. The number of ether oxygens (including phenoxy) is 1. The molecule has 0 aliphatic heterocycles. The van der Waals surface area contributed by atoms with Gasteiger partial charge in [0.1, 0.15) is 0 Å². The molecular weight excluding hydrogens is 499 g/mol. The molecule has 0 bridgehead atoms. The van der Waals surface area contributed by atoms with Crippen LogP contribution in [-0.4, -0.2) is 22.1 Å². The quantitative estimate of drug-likeness (QED) is 0.303. The fourth-order valence-corrected chi connectivity index (χ4v) is 4.84. The van der Waals surface area contributed by atoms with Gasteiger partial charge in [-0.15, -0.1) is 0 Å². The topological polar surface area (TPSA) is 44.1 Å². The molecule has 164 valence electrons. The number of benzene rings is 2. The summed E-state index contributed by atoms with van der Waals surface area (Å²) in [6.07, 6.45) is 0.644. The zero-order chi connectivity index (χ0) is 22.7. The van der Waals surface area contributed by atoms with Crippen molar-refractivity contribution in [2.45, 2.75) is 46.1 Å². The Hall–Kier alpha value is -1.82.